The molecule has 2 fully saturated rings. The van der Waals surface area contributed by atoms with Gasteiger partial charge in [0.1, 0.15) is 6.33 Å². The third-order valence-electron chi connectivity index (χ3n) is 5.78. The Bertz CT molecular complexity index is 993. The van der Waals surface area contributed by atoms with Crippen LogP contribution in [-0.2, 0) is 22.6 Å². The van der Waals surface area contributed by atoms with E-state index in [-0.39, 0.29) is 22.2 Å². The zero-order valence-corrected chi connectivity index (χ0v) is 17.6. The third kappa shape index (κ3) is 4.34. The number of amides is 1. The Hall–Kier alpha value is -2.85. The molecule has 6 nitrogen and oxygen atoms in total. The van der Waals surface area contributed by atoms with Crippen molar-refractivity contribution < 1.29 is 9.59 Å². The zero-order chi connectivity index (χ0) is 20.9. The monoisotopic (exact) mass is 420 g/mol. The number of benzene rings is 1. The molecule has 0 saturated carbocycles. The fraction of sp³-hybridized carbons (Fsp3) is 0.391. The molecule has 0 bridgehead atoms. The summed E-state index contributed by atoms with van der Waals surface area (Å²) in [5.74, 6) is 0.794. The van der Waals surface area contributed by atoms with E-state index in [1.165, 1.54) is 6.33 Å². The molecule has 7 heteroatoms. The van der Waals surface area contributed by atoms with Crippen LogP contribution in [-0.4, -0.2) is 49.6 Å². The lowest BCUT2D eigenvalue weighted by Crippen LogP contribution is -2.30. The average molecular weight is 421 g/mol. The van der Waals surface area contributed by atoms with Gasteiger partial charge in [0.25, 0.3) is 4.99 Å². The Morgan fingerprint density at radius 2 is 1.97 bits per heavy atom. The standard InChI is InChI=1S/C23H24N4O2S/c1-24-22(30-11-5-6-12-30)21(28)20-15-27(14-18-9-10-25-16-26-18)23(29)19(20)13-17-7-3-2-4-8-17/h2-4,7-10,16,19-20H,5-6,11-15H2/t19-,20+/m1/s1. The molecular weight excluding hydrogens is 396 g/mol. The molecule has 3 heterocycles. The van der Waals surface area contributed by atoms with Crippen LogP contribution in [0.2, 0.25) is 0 Å². The molecule has 0 radical (unpaired) electrons. The van der Waals surface area contributed by atoms with Crippen LogP contribution in [0.1, 0.15) is 24.1 Å². The summed E-state index contributed by atoms with van der Waals surface area (Å²) in [4.78, 5) is 40.7. The highest BCUT2D eigenvalue weighted by molar-refractivity contribution is 8.17. The van der Waals surface area contributed by atoms with Crippen molar-refractivity contribution in [3.8, 4) is 0 Å². The van der Waals surface area contributed by atoms with E-state index in [4.69, 9.17) is 6.57 Å². The lowest BCUT2D eigenvalue weighted by molar-refractivity contribution is -0.132. The van der Waals surface area contributed by atoms with Gasteiger partial charge in [-0.25, -0.2) is 14.8 Å². The number of carbonyl (C=O) groups excluding carboxylic acids is 2. The maximum Gasteiger partial charge on any atom is 0.255 e. The number of likely N-dealkylation sites (tertiary alicyclic amines) is 1. The second kappa shape index (κ2) is 9.31. The summed E-state index contributed by atoms with van der Waals surface area (Å²) in [7, 11) is -0.250. The number of Topliss-reactive ketones (excluding diaryl/α,β-unsaturated/α-hetero) is 1. The summed E-state index contributed by atoms with van der Waals surface area (Å²) >= 11 is 0. The van der Waals surface area contributed by atoms with E-state index in [0.29, 0.717) is 24.5 Å². The first kappa shape index (κ1) is 20.4. The van der Waals surface area contributed by atoms with Crippen LogP contribution in [0, 0.1) is 18.4 Å². The van der Waals surface area contributed by atoms with Gasteiger partial charge in [0.05, 0.1) is 24.7 Å². The average Bonchev–Trinajstić information content (AvgIpc) is 3.40. The molecule has 154 valence electrons. The topological polar surface area (TPSA) is 67.5 Å². The summed E-state index contributed by atoms with van der Waals surface area (Å²) in [6, 6.07) is 11.6. The van der Waals surface area contributed by atoms with E-state index < -0.39 is 11.8 Å². The Kier molecular flexibility index (Phi) is 6.34. The molecule has 2 aliphatic rings. The highest BCUT2D eigenvalue weighted by Crippen LogP contribution is 2.34. The molecule has 0 aliphatic carbocycles. The van der Waals surface area contributed by atoms with E-state index in [2.05, 4.69) is 14.8 Å². The van der Waals surface area contributed by atoms with Crippen molar-refractivity contribution in [3.63, 3.8) is 0 Å². The molecule has 4 rings (SSSR count). The third-order valence-corrected chi connectivity index (χ3v) is 8.18. The summed E-state index contributed by atoms with van der Waals surface area (Å²) < 4.78 is 0. The second-order valence-corrected chi connectivity index (χ2v) is 9.90. The van der Waals surface area contributed by atoms with E-state index >= 15 is 0 Å². The molecule has 0 spiro atoms. The van der Waals surface area contributed by atoms with Crippen LogP contribution < -0.4 is 0 Å². The molecule has 0 unspecified atom stereocenters. The van der Waals surface area contributed by atoms with Gasteiger partial charge in [-0.3, -0.25) is 4.79 Å². The van der Waals surface area contributed by atoms with Crippen molar-refractivity contribution in [2.75, 3.05) is 18.1 Å². The first-order valence-corrected chi connectivity index (χ1v) is 11.8. The largest absolute Gasteiger partial charge is 0.336 e. The Labute approximate surface area is 179 Å². The summed E-state index contributed by atoms with van der Waals surface area (Å²) in [5, 5.41) is 0. The van der Waals surface area contributed by atoms with Gasteiger partial charge in [-0.1, -0.05) is 30.3 Å². The predicted octanol–water partition coefficient (Wildman–Crippen LogP) is 2.97. The predicted molar refractivity (Wildman–Crippen MR) is 118 cm³/mol. The number of aromatic nitrogens is 2. The van der Waals surface area contributed by atoms with Crippen molar-refractivity contribution in [2.45, 2.75) is 25.8 Å². The lowest BCUT2D eigenvalue weighted by atomic mass is 9.86. The van der Waals surface area contributed by atoms with Gasteiger partial charge in [0.2, 0.25) is 5.91 Å². The van der Waals surface area contributed by atoms with E-state index in [1.807, 2.05) is 30.3 Å². The summed E-state index contributed by atoms with van der Waals surface area (Å²) in [6.45, 7) is 8.34. The highest BCUT2D eigenvalue weighted by atomic mass is 32.2. The Morgan fingerprint density at radius 3 is 2.63 bits per heavy atom. The molecule has 30 heavy (non-hydrogen) atoms. The summed E-state index contributed by atoms with van der Waals surface area (Å²) in [5.41, 5.74) is 1.78. The molecule has 2 saturated heterocycles. The first-order chi connectivity index (χ1) is 14.7. The van der Waals surface area contributed by atoms with Crippen LogP contribution in [0.5, 0.6) is 0 Å². The number of ketones is 1. The van der Waals surface area contributed by atoms with Gasteiger partial charge in [-0.05, 0) is 42.4 Å². The fourth-order valence-electron chi connectivity index (χ4n) is 4.24. The minimum absolute atomic E-state index is 0.0325. The number of carbonyl (C=O) groups is 2. The van der Waals surface area contributed by atoms with Gasteiger partial charge >= 0.3 is 0 Å². The van der Waals surface area contributed by atoms with Crippen molar-refractivity contribution >= 4 is 27.2 Å². The second-order valence-electron chi connectivity index (χ2n) is 7.71. The minimum Gasteiger partial charge on any atom is -0.336 e. The molecular formula is C23H24N4O2S. The highest BCUT2D eigenvalue weighted by Gasteiger charge is 2.45. The molecule has 1 aromatic heterocycles. The maximum absolute atomic E-state index is 13.5. The van der Waals surface area contributed by atoms with Crippen molar-refractivity contribution in [3.05, 3.63) is 71.6 Å². The van der Waals surface area contributed by atoms with Crippen molar-refractivity contribution in [1.29, 1.82) is 0 Å². The molecule has 2 atom stereocenters. The van der Waals surface area contributed by atoms with Gasteiger partial charge in [0.15, 0.2) is 5.78 Å². The first-order valence-electron chi connectivity index (χ1n) is 10.2. The van der Waals surface area contributed by atoms with Crippen LogP contribution in [0.25, 0.3) is 4.85 Å². The van der Waals surface area contributed by atoms with Gasteiger partial charge in [-0.15, -0.1) is 0 Å². The SMILES string of the molecule is [C-]#[N+]C(C(=O)[C@H]1CN(Cc2ccncn2)C(=O)[C@@H]1Cc1ccccc1)=S1CCCC1. The van der Waals surface area contributed by atoms with Gasteiger partial charge in [-0.2, -0.15) is 10.5 Å². The fourth-order valence-corrected chi connectivity index (χ4v) is 6.50. The molecule has 2 aromatic rings. The molecule has 1 aromatic carbocycles. The van der Waals surface area contributed by atoms with Crippen molar-refractivity contribution in [1.82, 2.24) is 14.9 Å². The van der Waals surface area contributed by atoms with Crippen LogP contribution in [0.3, 0.4) is 0 Å². The van der Waals surface area contributed by atoms with E-state index in [9.17, 15) is 9.59 Å². The normalized spacial score (nSPS) is 21.6. The Morgan fingerprint density at radius 1 is 1.20 bits per heavy atom. The van der Waals surface area contributed by atoms with Crippen molar-refractivity contribution in [2.24, 2.45) is 11.8 Å². The van der Waals surface area contributed by atoms with Crippen LogP contribution in [0.4, 0.5) is 0 Å². The van der Waals surface area contributed by atoms with Crippen LogP contribution >= 0.6 is 10.5 Å². The van der Waals surface area contributed by atoms with Gasteiger partial charge < -0.3 is 9.69 Å². The molecule has 0 N–H and O–H groups in total. The number of hydrogen-bond acceptors (Lipinski definition) is 4. The van der Waals surface area contributed by atoms with Crippen LogP contribution in [0.15, 0.2) is 48.9 Å². The molecule has 2 aliphatic heterocycles. The Balaban J connectivity index is 1.63. The number of nitrogens with zero attached hydrogens (tertiary/aromatic N) is 4. The van der Waals surface area contributed by atoms with Gasteiger partial charge in [0, 0.05) is 18.7 Å². The van der Waals surface area contributed by atoms with E-state index in [1.54, 1.807) is 17.2 Å². The summed E-state index contributed by atoms with van der Waals surface area (Å²) in [6.07, 6.45) is 5.78. The zero-order valence-electron chi connectivity index (χ0n) is 16.7. The lowest BCUT2D eigenvalue weighted by Gasteiger charge is -2.16. The quantitative estimate of drug-likeness (QED) is 0.532. The smallest absolute Gasteiger partial charge is 0.255 e. The van der Waals surface area contributed by atoms with E-state index in [0.717, 1.165) is 35.6 Å². The number of rotatable bonds is 6. The molecule has 1 amide bonds. The maximum atomic E-state index is 13.5. The minimum atomic E-state index is -0.475. The number of hydrogen-bond donors (Lipinski definition) is 0.